The van der Waals surface area contributed by atoms with Crippen LogP contribution in [0.25, 0.3) is 0 Å². The molecule has 0 aliphatic carbocycles. The second-order valence-corrected chi connectivity index (χ2v) is 4.78. The van der Waals surface area contributed by atoms with E-state index >= 15 is 0 Å². The topological polar surface area (TPSA) is 24.9 Å². The van der Waals surface area contributed by atoms with E-state index in [0.717, 1.165) is 4.88 Å². The number of aromatic nitrogens is 1. The molecule has 1 aromatic heterocycles. The fraction of sp³-hybridized carbons (Fsp3) is 0.182. The lowest BCUT2D eigenvalue weighted by Crippen LogP contribution is -2.04. The molecule has 0 saturated heterocycles. The first kappa shape index (κ1) is 11.4. The summed E-state index contributed by atoms with van der Waals surface area (Å²) in [5.41, 5.74) is 2.44. The molecule has 2 rings (SSSR count). The lowest BCUT2D eigenvalue weighted by atomic mass is 10.2. The number of anilines is 1. The van der Waals surface area contributed by atoms with Crippen LogP contribution in [0.15, 0.2) is 29.9 Å². The molecular formula is C11H10ClFN2S. The highest BCUT2D eigenvalue weighted by atomic mass is 35.5. The first-order valence-corrected chi connectivity index (χ1v) is 6.02. The molecule has 1 N–H and O–H groups in total. The van der Waals surface area contributed by atoms with Gasteiger partial charge in [-0.2, -0.15) is 0 Å². The van der Waals surface area contributed by atoms with Gasteiger partial charge in [0.25, 0.3) is 0 Å². The van der Waals surface area contributed by atoms with Crippen molar-refractivity contribution >= 4 is 28.6 Å². The average molecular weight is 257 g/mol. The largest absolute Gasteiger partial charge is 0.378 e. The monoisotopic (exact) mass is 256 g/mol. The molecule has 0 radical (unpaired) electrons. The molecule has 0 aliphatic rings. The number of rotatable bonds is 3. The number of hydrogen-bond donors (Lipinski definition) is 1. The molecule has 84 valence electrons. The van der Waals surface area contributed by atoms with Crippen LogP contribution < -0.4 is 5.32 Å². The predicted octanol–water partition coefficient (Wildman–Crippen LogP) is 4.11. The Morgan fingerprint density at radius 2 is 2.25 bits per heavy atom. The van der Waals surface area contributed by atoms with Crippen LogP contribution in [-0.4, -0.2) is 4.98 Å². The van der Waals surface area contributed by atoms with Crippen molar-refractivity contribution in [1.29, 1.82) is 0 Å². The Hall–Kier alpha value is -1.13. The van der Waals surface area contributed by atoms with E-state index in [1.54, 1.807) is 29.1 Å². The zero-order valence-corrected chi connectivity index (χ0v) is 10.1. The minimum atomic E-state index is -0.341. The van der Waals surface area contributed by atoms with Crippen molar-refractivity contribution < 1.29 is 4.39 Å². The van der Waals surface area contributed by atoms with Crippen molar-refractivity contribution in [3.8, 4) is 0 Å². The normalized spacial score (nSPS) is 12.4. The molecule has 5 heteroatoms. The summed E-state index contributed by atoms with van der Waals surface area (Å²) in [4.78, 5) is 5.10. The number of thiazole rings is 1. The van der Waals surface area contributed by atoms with Crippen LogP contribution in [0.1, 0.15) is 17.8 Å². The summed E-state index contributed by atoms with van der Waals surface area (Å²) in [5.74, 6) is -0.341. The van der Waals surface area contributed by atoms with Crippen LogP contribution >= 0.6 is 22.9 Å². The Balaban J connectivity index is 2.15. The van der Waals surface area contributed by atoms with Gasteiger partial charge in [-0.15, -0.1) is 11.3 Å². The van der Waals surface area contributed by atoms with Gasteiger partial charge in [-0.25, -0.2) is 4.39 Å². The van der Waals surface area contributed by atoms with Gasteiger partial charge in [0.1, 0.15) is 5.82 Å². The molecule has 1 unspecified atom stereocenters. The van der Waals surface area contributed by atoms with E-state index < -0.39 is 0 Å². The summed E-state index contributed by atoms with van der Waals surface area (Å²) in [7, 11) is 0. The lowest BCUT2D eigenvalue weighted by Gasteiger charge is -2.13. The molecular weight excluding hydrogens is 247 g/mol. The lowest BCUT2D eigenvalue weighted by molar-refractivity contribution is 0.628. The number of benzene rings is 1. The molecule has 0 fully saturated rings. The fourth-order valence-electron chi connectivity index (χ4n) is 1.40. The van der Waals surface area contributed by atoms with E-state index in [2.05, 4.69) is 10.3 Å². The van der Waals surface area contributed by atoms with E-state index in [-0.39, 0.29) is 11.9 Å². The average Bonchev–Trinajstić information content (AvgIpc) is 2.68. The highest BCUT2D eigenvalue weighted by molar-refractivity contribution is 7.09. The van der Waals surface area contributed by atoms with Crippen molar-refractivity contribution in [2.45, 2.75) is 13.0 Å². The van der Waals surface area contributed by atoms with Crippen LogP contribution in [0, 0.1) is 5.82 Å². The van der Waals surface area contributed by atoms with Crippen LogP contribution in [0.5, 0.6) is 0 Å². The maximum absolute atomic E-state index is 13.1. The molecule has 1 heterocycles. The predicted molar refractivity (Wildman–Crippen MR) is 65.6 cm³/mol. The molecule has 0 amide bonds. The Labute approximate surface area is 102 Å². The highest BCUT2D eigenvalue weighted by Crippen LogP contribution is 2.24. The van der Waals surface area contributed by atoms with E-state index in [1.165, 1.54) is 12.1 Å². The first-order chi connectivity index (χ1) is 7.65. The minimum absolute atomic E-state index is 0.0883. The van der Waals surface area contributed by atoms with Crippen LogP contribution in [0.4, 0.5) is 10.1 Å². The Morgan fingerprint density at radius 1 is 1.44 bits per heavy atom. The van der Waals surface area contributed by atoms with Gasteiger partial charge in [0.2, 0.25) is 0 Å². The van der Waals surface area contributed by atoms with Crippen molar-refractivity contribution in [2.75, 3.05) is 5.32 Å². The molecule has 0 saturated carbocycles. The highest BCUT2D eigenvalue weighted by Gasteiger charge is 2.07. The van der Waals surface area contributed by atoms with Crippen molar-refractivity contribution in [3.05, 3.63) is 45.6 Å². The van der Waals surface area contributed by atoms with E-state index in [4.69, 9.17) is 11.6 Å². The van der Waals surface area contributed by atoms with Gasteiger partial charge in [0, 0.05) is 21.8 Å². The van der Waals surface area contributed by atoms with Gasteiger partial charge < -0.3 is 5.32 Å². The maximum Gasteiger partial charge on any atom is 0.126 e. The number of halogens is 2. The number of nitrogens with one attached hydrogen (secondary N) is 1. The standard InChI is InChI=1S/C11H10ClFN2S/c1-7(11-5-14-6-16-11)15-10-3-8(12)2-9(13)4-10/h2-7,15H,1H3. The Kier molecular flexibility index (Phi) is 3.41. The van der Waals surface area contributed by atoms with Gasteiger partial charge >= 0.3 is 0 Å². The number of nitrogens with zero attached hydrogens (tertiary/aromatic N) is 1. The minimum Gasteiger partial charge on any atom is -0.378 e. The summed E-state index contributed by atoms with van der Waals surface area (Å²) in [6.45, 7) is 1.99. The fourth-order valence-corrected chi connectivity index (χ4v) is 2.25. The second-order valence-electron chi connectivity index (χ2n) is 3.43. The van der Waals surface area contributed by atoms with Gasteiger partial charge in [-0.3, -0.25) is 4.98 Å². The van der Waals surface area contributed by atoms with E-state index in [9.17, 15) is 4.39 Å². The van der Waals surface area contributed by atoms with Crippen LogP contribution in [0.2, 0.25) is 5.02 Å². The van der Waals surface area contributed by atoms with Gasteiger partial charge in [-0.05, 0) is 25.1 Å². The quantitative estimate of drug-likeness (QED) is 0.894. The van der Waals surface area contributed by atoms with Crippen molar-refractivity contribution in [3.63, 3.8) is 0 Å². The third kappa shape index (κ3) is 2.71. The third-order valence-electron chi connectivity index (χ3n) is 2.12. The Morgan fingerprint density at radius 3 is 2.88 bits per heavy atom. The molecule has 2 nitrogen and oxygen atoms in total. The maximum atomic E-state index is 13.1. The molecule has 16 heavy (non-hydrogen) atoms. The van der Waals surface area contributed by atoms with E-state index in [1.807, 2.05) is 6.92 Å². The summed E-state index contributed by atoms with van der Waals surface area (Å²) < 4.78 is 13.1. The first-order valence-electron chi connectivity index (χ1n) is 4.76. The molecule has 0 bridgehead atoms. The molecule has 1 aromatic carbocycles. The van der Waals surface area contributed by atoms with Crippen LogP contribution in [0.3, 0.4) is 0 Å². The van der Waals surface area contributed by atoms with Crippen molar-refractivity contribution in [2.24, 2.45) is 0 Å². The number of hydrogen-bond acceptors (Lipinski definition) is 3. The smallest absolute Gasteiger partial charge is 0.126 e. The second kappa shape index (κ2) is 4.80. The van der Waals surface area contributed by atoms with E-state index in [0.29, 0.717) is 10.7 Å². The summed E-state index contributed by atoms with van der Waals surface area (Å²) >= 11 is 7.33. The Bertz CT molecular complexity index is 453. The van der Waals surface area contributed by atoms with Crippen LogP contribution in [-0.2, 0) is 0 Å². The summed E-state index contributed by atoms with van der Waals surface area (Å²) in [5, 5.41) is 3.56. The van der Waals surface area contributed by atoms with Gasteiger partial charge in [0.15, 0.2) is 0 Å². The summed E-state index contributed by atoms with van der Waals surface area (Å²) in [6, 6.07) is 4.49. The summed E-state index contributed by atoms with van der Waals surface area (Å²) in [6.07, 6.45) is 1.79. The molecule has 2 aromatic rings. The zero-order valence-electron chi connectivity index (χ0n) is 8.58. The SMILES string of the molecule is CC(Nc1cc(F)cc(Cl)c1)c1cncs1. The molecule has 0 aliphatic heterocycles. The van der Waals surface area contributed by atoms with Gasteiger partial charge in [0.05, 0.1) is 11.6 Å². The van der Waals surface area contributed by atoms with Gasteiger partial charge in [-0.1, -0.05) is 11.6 Å². The third-order valence-corrected chi connectivity index (χ3v) is 3.30. The molecule has 1 atom stereocenters. The molecule has 0 spiro atoms. The zero-order chi connectivity index (χ0) is 11.5. The van der Waals surface area contributed by atoms with Crippen molar-refractivity contribution in [1.82, 2.24) is 4.98 Å².